The van der Waals surface area contributed by atoms with Gasteiger partial charge in [-0.3, -0.25) is 0 Å². The van der Waals surface area contributed by atoms with Crippen LogP contribution in [0.1, 0.15) is 32.8 Å². The lowest BCUT2D eigenvalue weighted by Gasteiger charge is -2.16. The van der Waals surface area contributed by atoms with Crippen LogP contribution >= 0.6 is 0 Å². The largest absolute Gasteiger partial charge is 0.468 e. The Kier molecular flexibility index (Phi) is 7.64. The maximum absolute atomic E-state index is 12.1. The smallest absolute Gasteiger partial charge is 0.422 e. The van der Waals surface area contributed by atoms with E-state index in [1.54, 1.807) is 6.07 Å². The SMILES string of the molecule is CCNC(=NCc1ccnc(OCC(F)(F)F)c1)NC(C)CC. The summed E-state index contributed by atoms with van der Waals surface area (Å²) in [5.74, 6) is 0.603. The number of alkyl halides is 3. The van der Waals surface area contributed by atoms with Crippen molar-refractivity contribution >= 4 is 5.96 Å². The zero-order valence-electron chi connectivity index (χ0n) is 13.6. The molecule has 0 aliphatic heterocycles. The molecule has 8 heteroatoms. The molecule has 0 spiro atoms. The van der Waals surface area contributed by atoms with Gasteiger partial charge < -0.3 is 15.4 Å². The van der Waals surface area contributed by atoms with Crippen molar-refractivity contribution in [3.05, 3.63) is 23.9 Å². The fraction of sp³-hybridized carbons (Fsp3) is 0.600. The van der Waals surface area contributed by atoms with E-state index in [0.29, 0.717) is 12.5 Å². The zero-order chi connectivity index (χ0) is 17.3. The number of nitrogens with zero attached hydrogens (tertiary/aromatic N) is 2. The third-order valence-corrected chi connectivity index (χ3v) is 2.94. The predicted molar refractivity (Wildman–Crippen MR) is 83.5 cm³/mol. The minimum atomic E-state index is -4.38. The molecule has 0 fully saturated rings. The Hall–Kier alpha value is -1.99. The molecule has 0 radical (unpaired) electrons. The van der Waals surface area contributed by atoms with E-state index in [9.17, 15) is 13.2 Å². The van der Waals surface area contributed by atoms with Crippen LogP contribution in [0.25, 0.3) is 0 Å². The standard InChI is InChI=1S/C15H23F3N4O/c1-4-11(3)22-14(19-5-2)21-9-12-6-7-20-13(8-12)23-10-15(16,17)18/h6-8,11H,4-5,9-10H2,1-3H3,(H2,19,21,22). The van der Waals surface area contributed by atoms with E-state index < -0.39 is 12.8 Å². The van der Waals surface area contributed by atoms with Crippen LogP contribution < -0.4 is 15.4 Å². The molecule has 0 saturated carbocycles. The number of hydrogen-bond acceptors (Lipinski definition) is 3. The number of nitrogens with one attached hydrogen (secondary N) is 2. The molecule has 5 nitrogen and oxygen atoms in total. The molecular formula is C15H23F3N4O. The molecule has 0 aromatic carbocycles. The van der Waals surface area contributed by atoms with Crippen LogP contribution in [0.4, 0.5) is 13.2 Å². The summed E-state index contributed by atoms with van der Waals surface area (Å²) in [6.45, 7) is 5.75. The number of ether oxygens (including phenoxy) is 1. The number of aliphatic imine (C=N–C) groups is 1. The van der Waals surface area contributed by atoms with Crippen molar-refractivity contribution in [2.75, 3.05) is 13.2 Å². The lowest BCUT2D eigenvalue weighted by atomic mass is 10.2. The normalized spacial score (nSPS) is 13.6. The first-order valence-electron chi connectivity index (χ1n) is 7.53. The molecule has 1 atom stereocenters. The molecule has 1 aromatic rings. The van der Waals surface area contributed by atoms with Gasteiger partial charge >= 0.3 is 6.18 Å². The quantitative estimate of drug-likeness (QED) is 0.595. The van der Waals surface area contributed by atoms with Gasteiger partial charge in [-0.25, -0.2) is 9.98 Å². The lowest BCUT2D eigenvalue weighted by Crippen LogP contribution is -2.41. The van der Waals surface area contributed by atoms with Gasteiger partial charge in [0.15, 0.2) is 12.6 Å². The Balaban J connectivity index is 2.69. The maximum Gasteiger partial charge on any atom is 0.422 e. The second-order valence-electron chi connectivity index (χ2n) is 5.05. The molecule has 1 aromatic heterocycles. The highest BCUT2D eigenvalue weighted by molar-refractivity contribution is 5.80. The van der Waals surface area contributed by atoms with E-state index in [-0.39, 0.29) is 11.9 Å². The molecule has 0 amide bonds. The first-order valence-corrected chi connectivity index (χ1v) is 7.53. The van der Waals surface area contributed by atoms with Crippen molar-refractivity contribution in [3.63, 3.8) is 0 Å². The van der Waals surface area contributed by atoms with Gasteiger partial charge in [0.25, 0.3) is 0 Å². The molecule has 23 heavy (non-hydrogen) atoms. The Labute approximate surface area is 134 Å². The summed E-state index contributed by atoms with van der Waals surface area (Å²) in [5, 5.41) is 6.36. The summed E-state index contributed by atoms with van der Waals surface area (Å²) in [7, 11) is 0. The topological polar surface area (TPSA) is 58.5 Å². The van der Waals surface area contributed by atoms with E-state index in [1.807, 2.05) is 13.8 Å². The number of halogens is 3. The van der Waals surface area contributed by atoms with E-state index in [4.69, 9.17) is 0 Å². The van der Waals surface area contributed by atoms with Crippen LogP contribution in [0.5, 0.6) is 5.88 Å². The second-order valence-corrected chi connectivity index (χ2v) is 5.05. The number of pyridine rings is 1. The molecule has 1 rings (SSSR count). The van der Waals surface area contributed by atoms with E-state index in [2.05, 4.69) is 32.3 Å². The van der Waals surface area contributed by atoms with Gasteiger partial charge in [-0.15, -0.1) is 0 Å². The van der Waals surface area contributed by atoms with Gasteiger partial charge in [0, 0.05) is 24.8 Å². The van der Waals surface area contributed by atoms with E-state index in [0.717, 1.165) is 18.5 Å². The average Bonchev–Trinajstić information content (AvgIpc) is 2.50. The summed E-state index contributed by atoms with van der Waals surface area (Å²) in [6.07, 6.45) is -2.02. The van der Waals surface area contributed by atoms with Crippen LogP contribution in [-0.4, -0.2) is 36.3 Å². The molecular weight excluding hydrogens is 309 g/mol. The summed E-state index contributed by atoms with van der Waals surface area (Å²) >= 11 is 0. The highest BCUT2D eigenvalue weighted by atomic mass is 19.4. The third-order valence-electron chi connectivity index (χ3n) is 2.94. The monoisotopic (exact) mass is 332 g/mol. The van der Waals surface area contributed by atoms with Crippen molar-refractivity contribution < 1.29 is 17.9 Å². The summed E-state index contributed by atoms with van der Waals surface area (Å²) < 4.78 is 41.1. The van der Waals surface area contributed by atoms with E-state index >= 15 is 0 Å². The summed E-state index contributed by atoms with van der Waals surface area (Å²) in [6, 6.07) is 3.43. The van der Waals surface area contributed by atoms with Gasteiger partial charge in [-0.2, -0.15) is 13.2 Å². The number of hydrogen-bond donors (Lipinski definition) is 2. The molecule has 1 heterocycles. The van der Waals surface area contributed by atoms with Gasteiger partial charge in [0.2, 0.25) is 5.88 Å². The molecule has 0 aliphatic carbocycles. The van der Waals surface area contributed by atoms with Gasteiger partial charge in [-0.1, -0.05) is 6.92 Å². The van der Waals surface area contributed by atoms with Crippen molar-refractivity contribution in [2.45, 2.75) is 46.0 Å². The highest BCUT2D eigenvalue weighted by Crippen LogP contribution is 2.17. The van der Waals surface area contributed by atoms with Crippen LogP contribution in [0, 0.1) is 0 Å². The molecule has 2 N–H and O–H groups in total. The minimum Gasteiger partial charge on any atom is -0.468 e. The fourth-order valence-corrected chi connectivity index (χ4v) is 1.61. The third kappa shape index (κ3) is 8.27. The fourth-order valence-electron chi connectivity index (χ4n) is 1.61. The van der Waals surface area contributed by atoms with Crippen LogP contribution in [0.3, 0.4) is 0 Å². The number of aromatic nitrogens is 1. The second kappa shape index (κ2) is 9.22. The zero-order valence-corrected chi connectivity index (χ0v) is 13.6. The first kappa shape index (κ1) is 19.1. The first-order chi connectivity index (χ1) is 10.8. The molecule has 1 unspecified atom stereocenters. The minimum absolute atomic E-state index is 0.0603. The number of rotatable bonds is 7. The van der Waals surface area contributed by atoms with Gasteiger partial charge in [-0.05, 0) is 31.9 Å². The number of guanidine groups is 1. The molecule has 0 bridgehead atoms. The average molecular weight is 332 g/mol. The van der Waals surface area contributed by atoms with Crippen molar-refractivity contribution in [3.8, 4) is 5.88 Å². The van der Waals surface area contributed by atoms with Crippen LogP contribution in [0.15, 0.2) is 23.3 Å². The van der Waals surface area contributed by atoms with Gasteiger partial charge in [0.1, 0.15) is 0 Å². The van der Waals surface area contributed by atoms with Crippen molar-refractivity contribution in [2.24, 2.45) is 4.99 Å². The molecule has 130 valence electrons. The van der Waals surface area contributed by atoms with Crippen molar-refractivity contribution in [1.82, 2.24) is 15.6 Å². The Morgan fingerprint density at radius 3 is 2.74 bits per heavy atom. The van der Waals surface area contributed by atoms with E-state index in [1.165, 1.54) is 12.3 Å². The summed E-state index contributed by atoms with van der Waals surface area (Å²) in [5.41, 5.74) is 0.721. The molecule has 0 aliphatic rings. The van der Waals surface area contributed by atoms with Crippen molar-refractivity contribution in [1.29, 1.82) is 0 Å². The van der Waals surface area contributed by atoms with Crippen LogP contribution in [0.2, 0.25) is 0 Å². The van der Waals surface area contributed by atoms with Gasteiger partial charge in [0.05, 0.1) is 6.54 Å². The molecule has 0 saturated heterocycles. The van der Waals surface area contributed by atoms with Crippen LogP contribution in [-0.2, 0) is 6.54 Å². The Morgan fingerprint density at radius 2 is 2.13 bits per heavy atom. The summed E-state index contributed by atoms with van der Waals surface area (Å²) in [4.78, 5) is 8.18. The Morgan fingerprint density at radius 1 is 1.39 bits per heavy atom. The predicted octanol–water partition coefficient (Wildman–Crippen LogP) is 2.88. The Bertz CT molecular complexity index is 506. The highest BCUT2D eigenvalue weighted by Gasteiger charge is 2.28. The maximum atomic E-state index is 12.1. The lowest BCUT2D eigenvalue weighted by molar-refractivity contribution is -0.154.